The van der Waals surface area contributed by atoms with Crippen molar-refractivity contribution in [3.05, 3.63) is 12.2 Å². The minimum atomic E-state index is -0.467. The molecule has 0 aliphatic carbocycles. The minimum absolute atomic E-state index is 0.0275. The fourth-order valence-electron chi connectivity index (χ4n) is 5.00. The molecule has 0 spiro atoms. The minimum Gasteiger partial charge on any atom is -0.387 e. The number of carbonyl (C=O) groups is 1. The number of carbonyl (C=O) groups excluding carboxylic acids is 1. The van der Waals surface area contributed by atoms with E-state index in [-0.39, 0.29) is 11.9 Å². The van der Waals surface area contributed by atoms with Crippen LogP contribution in [0.3, 0.4) is 0 Å². The van der Waals surface area contributed by atoms with Crippen LogP contribution in [0, 0.1) is 11.8 Å². The van der Waals surface area contributed by atoms with Crippen LogP contribution in [0.2, 0.25) is 0 Å². The Morgan fingerprint density at radius 2 is 1.95 bits per heavy atom. The molecule has 0 unspecified atom stereocenters. The SMILES string of the molecule is O=C1C=C[C@@H](O)[C@@H]2[C@H]3CCCN4CCC[C@H](CN12)[C@@H]34. The van der Waals surface area contributed by atoms with Gasteiger partial charge in [-0.15, -0.1) is 0 Å². The van der Waals surface area contributed by atoms with Crippen LogP contribution < -0.4 is 0 Å². The van der Waals surface area contributed by atoms with Crippen LogP contribution in [0.25, 0.3) is 0 Å². The second kappa shape index (κ2) is 4.32. The third-order valence-electron chi connectivity index (χ3n) is 5.65. The van der Waals surface area contributed by atoms with Gasteiger partial charge in [0.1, 0.15) is 0 Å². The molecule has 0 aromatic rings. The number of aliphatic hydroxyl groups excluding tert-OH is 1. The molecule has 4 aliphatic rings. The Kier molecular flexibility index (Phi) is 2.71. The zero-order valence-corrected chi connectivity index (χ0v) is 11.2. The van der Waals surface area contributed by atoms with Crippen LogP contribution in [-0.4, -0.2) is 58.6 Å². The molecular weight excluding hydrogens is 240 g/mol. The first-order valence-electron chi connectivity index (χ1n) is 7.66. The van der Waals surface area contributed by atoms with E-state index in [0.717, 1.165) is 13.0 Å². The lowest BCUT2D eigenvalue weighted by atomic mass is 9.68. The summed E-state index contributed by atoms with van der Waals surface area (Å²) in [6, 6.07) is 0.636. The predicted molar refractivity (Wildman–Crippen MR) is 71.5 cm³/mol. The lowest BCUT2D eigenvalue weighted by Crippen LogP contribution is -2.68. The van der Waals surface area contributed by atoms with Crippen molar-refractivity contribution < 1.29 is 9.90 Å². The average Bonchev–Trinajstić information content (AvgIpc) is 2.43. The van der Waals surface area contributed by atoms with E-state index in [2.05, 4.69) is 4.90 Å². The van der Waals surface area contributed by atoms with E-state index in [1.807, 2.05) is 4.90 Å². The highest BCUT2D eigenvalue weighted by Crippen LogP contribution is 2.43. The maximum Gasteiger partial charge on any atom is 0.246 e. The molecule has 0 aromatic heterocycles. The molecule has 4 nitrogen and oxygen atoms in total. The molecule has 1 amide bonds. The van der Waals surface area contributed by atoms with Crippen molar-refractivity contribution >= 4 is 5.91 Å². The lowest BCUT2D eigenvalue weighted by Gasteiger charge is -2.58. The Labute approximate surface area is 114 Å². The van der Waals surface area contributed by atoms with Gasteiger partial charge in [-0.3, -0.25) is 9.69 Å². The van der Waals surface area contributed by atoms with Crippen molar-refractivity contribution in [1.82, 2.24) is 9.80 Å². The zero-order chi connectivity index (χ0) is 13.0. The quantitative estimate of drug-likeness (QED) is 0.696. The number of amides is 1. The van der Waals surface area contributed by atoms with Gasteiger partial charge in [0, 0.05) is 18.7 Å². The molecule has 3 saturated heterocycles. The summed E-state index contributed by atoms with van der Waals surface area (Å²) >= 11 is 0. The number of fused-ring (bicyclic) bond motifs is 2. The summed E-state index contributed by atoms with van der Waals surface area (Å²) in [4.78, 5) is 16.7. The summed E-state index contributed by atoms with van der Waals surface area (Å²) in [5, 5.41) is 10.3. The summed E-state index contributed by atoms with van der Waals surface area (Å²) in [6.07, 6.45) is 7.68. The largest absolute Gasteiger partial charge is 0.387 e. The second-order valence-corrected chi connectivity index (χ2v) is 6.57. The van der Waals surface area contributed by atoms with E-state index in [0.29, 0.717) is 17.9 Å². The molecule has 0 radical (unpaired) electrons. The van der Waals surface area contributed by atoms with Gasteiger partial charge in [0.2, 0.25) is 5.91 Å². The first-order valence-corrected chi connectivity index (χ1v) is 7.66. The van der Waals surface area contributed by atoms with E-state index in [9.17, 15) is 9.90 Å². The molecule has 0 aromatic carbocycles. The number of nitrogens with zero attached hydrogens (tertiary/aromatic N) is 2. The summed E-state index contributed by atoms with van der Waals surface area (Å²) in [6.45, 7) is 3.27. The van der Waals surface area contributed by atoms with Crippen molar-refractivity contribution in [2.75, 3.05) is 19.6 Å². The second-order valence-electron chi connectivity index (χ2n) is 6.57. The molecule has 4 rings (SSSR count). The highest BCUT2D eigenvalue weighted by molar-refractivity contribution is 5.89. The monoisotopic (exact) mass is 262 g/mol. The van der Waals surface area contributed by atoms with E-state index in [1.54, 1.807) is 12.2 Å². The average molecular weight is 262 g/mol. The lowest BCUT2D eigenvalue weighted by molar-refractivity contribution is -0.149. The van der Waals surface area contributed by atoms with Gasteiger partial charge in [-0.25, -0.2) is 0 Å². The highest BCUT2D eigenvalue weighted by Gasteiger charge is 2.51. The van der Waals surface area contributed by atoms with Gasteiger partial charge >= 0.3 is 0 Å². The Balaban J connectivity index is 1.71. The molecule has 3 fully saturated rings. The van der Waals surface area contributed by atoms with Crippen molar-refractivity contribution in [1.29, 1.82) is 0 Å². The summed E-state index contributed by atoms with van der Waals surface area (Å²) in [5.41, 5.74) is 0. The summed E-state index contributed by atoms with van der Waals surface area (Å²) in [7, 11) is 0. The van der Waals surface area contributed by atoms with E-state index < -0.39 is 6.10 Å². The first kappa shape index (κ1) is 11.9. The van der Waals surface area contributed by atoms with Crippen LogP contribution in [0.1, 0.15) is 25.7 Å². The number of piperidine rings is 3. The van der Waals surface area contributed by atoms with Gasteiger partial charge in [-0.05, 0) is 56.7 Å². The molecule has 5 atom stereocenters. The summed E-state index contributed by atoms with van der Waals surface area (Å²) < 4.78 is 0. The topological polar surface area (TPSA) is 43.8 Å². The van der Waals surface area contributed by atoms with Crippen molar-refractivity contribution in [3.63, 3.8) is 0 Å². The molecular formula is C15H22N2O2. The van der Waals surface area contributed by atoms with Gasteiger partial charge in [0.05, 0.1) is 12.1 Å². The van der Waals surface area contributed by atoms with E-state index in [1.165, 1.54) is 32.4 Å². The molecule has 19 heavy (non-hydrogen) atoms. The van der Waals surface area contributed by atoms with Crippen LogP contribution in [-0.2, 0) is 4.79 Å². The fourth-order valence-corrected chi connectivity index (χ4v) is 5.00. The third kappa shape index (κ3) is 1.69. The Bertz CT molecular complexity index is 420. The molecule has 4 heteroatoms. The maximum absolute atomic E-state index is 12.1. The number of hydrogen-bond donors (Lipinski definition) is 1. The van der Waals surface area contributed by atoms with Gasteiger partial charge in [-0.2, -0.15) is 0 Å². The smallest absolute Gasteiger partial charge is 0.246 e. The van der Waals surface area contributed by atoms with Gasteiger partial charge in [0.15, 0.2) is 0 Å². The number of aliphatic hydroxyl groups is 1. The van der Waals surface area contributed by atoms with E-state index in [4.69, 9.17) is 0 Å². The predicted octanol–water partition coefficient (Wildman–Crippen LogP) is 0.619. The van der Waals surface area contributed by atoms with Crippen LogP contribution in [0.4, 0.5) is 0 Å². The zero-order valence-electron chi connectivity index (χ0n) is 11.2. The summed E-state index contributed by atoms with van der Waals surface area (Å²) in [5.74, 6) is 1.20. The normalized spacial score (nSPS) is 45.8. The van der Waals surface area contributed by atoms with Crippen molar-refractivity contribution in [2.24, 2.45) is 11.8 Å². The molecule has 0 bridgehead atoms. The van der Waals surface area contributed by atoms with Crippen LogP contribution in [0.5, 0.6) is 0 Å². The van der Waals surface area contributed by atoms with Crippen molar-refractivity contribution in [3.8, 4) is 0 Å². The Morgan fingerprint density at radius 1 is 1.16 bits per heavy atom. The van der Waals surface area contributed by atoms with Crippen LogP contribution in [0.15, 0.2) is 12.2 Å². The number of hydrogen-bond acceptors (Lipinski definition) is 3. The maximum atomic E-state index is 12.1. The Hall–Kier alpha value is -0.870. The molecule has 104 valence electrons. The third-order valence-corrected chi connectivity index (χ3v) is 5.65. The Morgan fingerprint density at radius 3 is 2.79 bits per heavy atom. The highest BCUT2D eigenvalue weighted by atomic mass is 16.3. The van der Waals surface area contributed by atoms with Gasteiger partial charge in [0.25, 0.3) is 0 Å². The molecule has 1 N–H and O–H groups in total. The molecule has 0 saturated carbocycles. The number of rotatable bonds is 0. The molecule has 4 aliphatic heterocycles. The van der Waals surface area contributed by atoms with E-state index >= 15 is 0 Å². The van der Waals surface area contributed by atoms with Gasteiger partial charge < -0.3 is 10.0 Å². The van der Waals surface area contributed by atoms with Crippen LogP contribution >= 0.6 is 0 Å². The first-order chi connectivity index (χ1) is 9.25. The fraction of sp³-hybridized carbons (Fsp3) is 0.800. The van der Waals surface area contributed by atoms with Gasteiger partial charge in [-0.1, -0.05) is 0 Å². The van der Waals surface area contributed by atoms with Crippen molar-refractivity contribution in [2.45, 2.75) is 43.9 Å². The standard InChI is InChI=1S/C15H22N2O2/c18-12-5-6-13(19)17-9-10-3-1-7-16-8-2-4-11(14(10)16)15(12)17/h5-6,10-12,14-15,18H,1-4,7-9H2/t10-,11+,12-,14+,15+/m1/s1. The molecule has 4 heterocycles.